The SMILES string of the molecule is Cc1cn[nH]c1[C@@H]1CCCN(C(=O)c2ccnc(N3CCCC3)c2)C1. The Hall–Kier alpha value is -2.37. The van der Waals surface area contributed by atoms with E-state index in [9.17, 15) is 4.79 Å². The van der Waals surface area contributed by atoms with E-state index in [4.69, 9.17) is 0 Å². The lowest BCUT2D eigenvalue weighted by Gasteiger charge is -2.32. The van der Waals surface area contributed by atoms with Crippen molar-refractivity contribution in [2.24, 2.45) is 0 Å². The van der Waals surface area contributed by atoms with Crippen LogP contribution in [-0.4, -0.2) is 52.2 Å². The monoisotopic (exact) mass is 339 g/mol. The van der Waals surface area contributed by atoms with Gasteiger partial charge in [0.1, 0.15) is 5.82 Å². The molecular formula is C19H25N5O. The van der Waals surface area contributed by atoms with Crippen molar-refractivity contribution >= 4 is 11.7 Å². The molecule has 1 amide bonds. The summed E-state index contributed by atoms with van der Waals surface area (Å²) in [5, 5.41) is 7.25. The van der Waals surface area contributed by atoms with Crippen LogP contribution >= 0.6 is 0 Å². The first-order valence-electron chi connectivity index (χ1n) is 9.22. The number of aryl methyl sites for hydroxylation is 1. The Bertz CT molecular complexity index is 750. The van der Waals surface area contributed by atoms with Crippen LogP contribution in [0.15, 0.2) is 24.5 Å². The topological polar surface area (TPSA) is 65.1 Å². The fourth-order valence-electron chi connectivity index (χ4n) is 4.02. The third-order valence-corrected chi connectivity index (χ3v) is 5.41. The second-order valence-electron chi connectivity index (χ2n) is 7.15. The number of aromatic amines is 1. The number of anilines is 1. The van der Waals surface area contributed by atoms with Gasteiger partial charge in [-0.25, -0.2) is 4.98 Å². The van der Waals surface area contributed by atoms with Crippen LogP contribution in [0.25, 0.3) is 0 Å². The Balaban J connectivity index is 1.50. The molecule has 2 saturated heterocycles. The van der Waals surface area contributed by atoms with Crippen molar-refractivity contribution in [1.82, 2.24) is 20.1 Å². The van der Waals surface area contributed by atoms with Gasteiger partial charge in [-0.3, -0.25) is 9.89 Å². The average molecular weight is 339 g/mol. The predicted molar refractivity (Wildman–Crippen MR) is 96.9 cm³/mol. The summed E-state index contributed by atoms with van der Waals surface area (Å²) in [4.78, 5) is 21.7. The molecule has 25 heavy (non-hydrogen) atoms. The average Bonchev–Trinajstić information content (AvgIpc) is 3.33. The number of H-pyrrole nitrogens is 1. The molecule has 1 atom stereocenters. The van der Waals surface area contributed by atoms with E-state index in [2.05, 4.69) is 27.0 Å². The van der Waals surface area contributed by atoms with Crippen LogP contribution in [0, 0.1) is 6.92 Å². The summed E-state index contributed by atoms with van der Waals surface area (Å²) in [6.45, 7) is 5.73. The van der Waals surface area contributed by atoms with Gasteiger partial charge in [-0.05, 0) is 50.3 Å². The smallest absolute Gasteiger partial charge is 0.254 e. The van der Waals surface area contributed by atoms with E-state index in [-0.39, 0.29) is 5.91 Å². The maximum atomic E-state index is 13.0. The van der Waals surface area contributed by atoms with Crippen LogP contribution in [0.1, 0.15) is 53.2 Å². The first-order valence-corrected chi connectivity index (χ1v) is 9.22. The third-order valence-electron chi connectivity index (χ3n) is 5.41. The molecule has 0 aromatic carbocycles. The highest BCUT2D eigenvalue weighted by molar-refractivity contribution is 5.95. The number of piperidine rings is 1. The molecule has 4 rings (SSSR count). The summed E-state index contributed by atoms with van der Waals surface area (Å²) in [6, 6.07) is 3.80. The first-order chi connectivity index (χ1) is 12.2. The molecule has 2 aromatic heterocycles. The quantitative estimate of drug-likeness (QED) is 0.934. The van der Waals surface area contributed by atoms with Crippen molar-refractivity contribution in [3.05, 3.63) is 41.3 Å². The highest BCUT2D eigenvalue weighted by atomic mass is 16.2. The Morgan fingerprint density at radius 1 is 1.24 bits per heavy atom. The summed E-state index contributed by atoms with van der Waals surface area (Å²) < 4.78 is 0. The van der Waals surface area contributed by atoms with Crippen LogP contribution in [0.3, 0.4) is 0 Å². The van der Waals surface area contributed by atoms with Gasteiger partial charge >= 0.3 is 0 Å². The van der Waals surface area contributed by atoms with Crippen molar-refractivity contribution in [2.45, 2.75) is 38.5 Å². The molecule has 6 heteroatoms. The zero-order chi connectivity index (χ0) is 17.2. The fourth-order valence-corrected chi connectivity index (χ4v) is 4.02. The van der Waals surface area contributed by atoms with Gasteiger partial charge < -0.3 is 9.80 Å². The van der Waals surface area contributed by atoms with Gasteiger partial charge in [0.15, 0.2) is 0 Å². The number of carbonyl (C=O) groups is 1. The molecule has 4 heterocycles. The molecule has 0 spiro atoms. The summed E-state index contributed by atoms with van der Waals surface area (Å²) in [6.07, 6.45) is 8.16. The zero-order valence-electron chi connectivity index (χ0n) is 14.7. The number of pyridine rings is 1. The lowest BCUT2D eigenvalue weighted by Crippen LogP contribution is -2.39. The van der Waals surface area contributed by atoms with Crippen LogP contribution in [-0.2, 0) is 0 Å². The molecule has 2 fully saturated rings. The zero-order valence-corrected chi connectivity index (χ0v) is 14.7. The van der Waals surface area contributed by atoms with Crippen molar-refractivity contribution < 1.29 is 4.79 Å². The number of hydrogen-bond acceptors (Lipinski definition) is 4. The number of hydrogen-bond donors (Lipinski definition) is 1. The molecule has 1 N–H and O–H groups in total. The Labute approximate surface area is 148 Å². The normalized spacial score (nSPS) is 20.9. The van der Waals surface area contributed by atoms with Gasteiger partial charge in [-0.2, -0.15) is 5.10 Å². The molecule has 0 aliphatic carbocycles. The standard InChI is InChI=1S/C19H25N5O/c1-14-12-21-22-18(14)16-5-4-10-24(13-16)19(25)15-6-7-20-17(11-15)23-8-2-3-9-23/h6-7,11-12,16H,2-5,8-10,13H2,1H3,(H,21,22)/t16-/m1/s1. The molecule has 0 saturated carbocycles. The Morgan fingerprint density at radius 2 is 2.08 bits per heavy atom. The van der Waals surface area contributed by atoms with Crippen molar-refractivity contribution in [1.29, 1.82) is 0 Å². The highest BCUT2D eigenvalue weighted by Crippen LogP contribution is 2.28. The van der Waals surface area contributed by atoms with Crippen LogP contribution in [0.5, 0.6) is 0 Å². The minimum Gasteiger partial charge on any atom is -0.357 e. The predicted octanol–water partition coefficient (Wildman–Crippen LogP) is 2.73. The van der Waals surface area contributed by atoms with Crippen LogP contribution in [0.2, 0.25) is 0 Å². The van der Waals surface area contributed by atoms with Crippen molar-refractivity contribution in [2.75, 3.05) is 31.1 Å². The van der Waals surface area contributed by atoms with E-state index in [1.165, 1.54) is 24.1 Å². The van der Waals surface area contributed by atoms with Gasteiger partial charge in [-0.1, -0.05) is 0 Å². The summed E-state index contributed by atoms with van der Waals surface area (Å²) in [7, 11) is 0. The number of amides is 1. The van der Waals surface area contributed by atoms with Gasteiger partial charge in [0.2, 0.25) is 0 Å². The molecule has 2 aliphatic heterocycles. The van der Waals surface area contributed by atoms with E-state index >= 15 is 0 Å². The van der Waals surface area contributed by atoms with Crippen LogP contribution < -0.4 is 4.90 Å². The number of rotatable bonds is 3. The van der Waals surface area contributed by atoms with E-state index in [0.29, 0.717) is 5.92 Å². The number of carbonyl (C=O) groups excluding carboxylic acids is 1. The maximum absolute atomic E-state index is 13.0. The Kier molecular flexibility index (Phi) is 4.42. The van der Waals surface area contributed by atoms with Gasteiger partial charge in [-0.15, -0.1) is 0 Å². The molecule has 132 valence electrons. The van der Waals surface area contributed by atoms with Gasteiger partial charge in [0.25, 0.3) is 5.91 Å². The molecule has 0 unspecified atom stereocenters. The Morgan fingerprint density at radius 3 is 2.84 bits per heavy atom. The van der Waals surface area contributed by atoms with E-state index in [1.807, 2.05) is 23.2 Å². The minimum atomic E-state index is 0.115. The molecule has 2 aromatic rings. The number of nitrogens with one attached hydrogen (secondary N) is 1. The number of likely N-dealkylation sites (tertiary alicyclic amines) is 1. The third kappa shape index (κ3) is 3.25. The summed E-state index contributed by atoms with van der Waals surface area (Å²) in [5.74, 6) is 1.39. The van der Waals surface area contributed by atoms with E-state index < -0.39 is 0 Å². The van der Waals surface area contributed by atoms with E-state index in [1.54, 1.807) is 6.20 Å². The first kappa shape index (κ1) is 16.1. The molecule has 6 nitrogen and oxygen atoms in total. The maximum Gasteiger partial charge on any atom is 0.254 e. The van der Waals surface area contributed by atoms with Crippen LogP contribution in [0.4, 0.5) is 5.82 Å². The lowest BCUT2D eigenvalue weighted by molar-refractivity contribution is 0.0705. The molecule has 2 aliphatic rings. The highest BCUT2D eigenvalue weighted by Gasteiger charge is 2.27. The minimum absolute atomic E-state index is 0.115. The largest absolute Gasteiger partial charge is 0.357 e. The van der Waals surface area contributed by atoms with Crippen molar-refractivity contribution in [3.63, 3.8) is 0 Å². The molecule has 0 radical (unpaired) electrons. The number of aromatic nitrogens is 3. The molecular weight excluding hydrogens is 314 g/mol. The lowest BCUT2D eigenvalue weighted by atomic mass is 9.92. The second-order valence-corrected chi connectivity index (χ2v) is 7.15. The van der Waals surface area contributed by atoms with Gasteiger partial charge in [0, 0.05) is 49.6 Å². The molecule has 0 bridgehead atoms. The summed E-state index contributed by atoms with van der Waals surface area (Å²) >= 11 is 0. The second kappa shape index (κ2) is 6.86. The van der Waals surface area contributed by atoms with Gasteiger partial charge in [0.05, 0.1) is 6.20 Å². The van der Waals surface area contributed by atoms with E-state index in [0.717, 1.165) is 50.4 Å². The van der Waals surface area contributed by atoms with Crippen molar-refractivity contribution in [3.8, 4) is 0 Å². The number of nitrogens with zero attached hydrogens (tertiary/aromatic N) is 4. The fraction of sp³-hybridized carbons (Fsp3) is 0.526. The summed E-state index contributed by atoms with van der Waals surface area (Å²) in [5.41, 5.74) is 3.10.